The highest BCUT2D eigenvalue weighted by Gasteiger charge is 2.77. The molecule has 0 N–H and O–H groups in total. The van der Waals surface area contributed by atoms with Gasteiger partial charge in [0, 0.05) is 0 Å². The molecule has 0 aromatic heterocycles. The summed E-state index contributed by atoms with van der Waals surface area (Å²) in [6.45, 7) is -0.208. The van der Waals surface area contributed by atoms with E-state index in [-0.39, 0.29) is 6.92 Å². The first-order chi connectivity index (χ1) is 11.5. The van der Waals surface area contributed by atoms with Crippen molar-refractivity contribution in [2.24, 2.45) is 35.5 Å². The molecule has 0 heterocycles. The molecule has 4 unspecified atom stereocenters. The third-order valence-corrected chi connectivity index (χ3v) is 4.57. The topological polar surface area (TPSA) is 0 Å². The lowest BCUT2D eigenvalue weighted by Gasteiger charge is -2.52. The highest BCUT2D eigenvalue weighted by molar-refractivity contribution is 5.06. The van der Waals surface area contributed by atoms with Crippen LogP contribution < -0.4 is 0 Å². The van der Waals surface area contributed by atoms with Crippen LogP contribution in [0, 0.1) is 35.5 Å². The summed E-state index contributed by atoms with van der Waals surface area (Å²) in [5.41, 5.74) is 0. The van der Waals surface area contributed by atoms with Crippen LogP contribution in [0.15, 0.2) is 0 Å². The summed E-state index contributed by atoms with van der Waals surface area (Å²) in [4.78, 5) is 0. The van der Waals surface area contributed by atoms with Gasteiger partial charge in [-0.25, -0.2) is 0 Å². The third-order valence-electron chi connectivity index (χ3n) is 4.57. The zero-order valence-corrected chi connectivity index (χ0v) is 12.6. The molecule has 1 aliphatic rings. The van der Waals surface area contributed by atoms with Gasteiger partial charge in [0.25, 0.3) is 0 Å². The van der Waals surface area contributed by atoms with E-state index in [1.807, 2.05) is 0 Å². The van der Waals surface area contributed by atoms with E-state index >= 15 is 0 Å². The fourth-order valence-electron chi connectivity index (χ4n) is 3.77. The Bertz CT molecular complexity index is 475. The molecular weight excluding hydrogens is 429 g/mol. The average Bonchev–Trinajstić information content (AvgIpc) is 2.29. The SMILES string of the molecule is CC1C(C(F)(F)F)C(C(F)(F)F)C(C(F)(F)F)C(C(F)(F)F)C1C(F)(F)F. The minimum Gasteiger partial charge on any atom is -0.171 e. The van der Waals surface area contributed by atoms with Gasteiger partial charge in [-0.2, -0.15) is 65.9 Å². The second-order valence-corrected chi connectivity index (χ2v) is 6.20. The molecule has 1 fully saturated rings. The molecule has 0 saturated heterocycles. The lowest BCUT2D eigenvalue weighted by Crippen LogP contribution is -2.64. The quantitative estimate of drug-likeness (QED) is 0.378. The summed E-state index contributed by atoms with van der Waals surface area (Å²) in [6, 6.07) is 0. The number of hydrogen-bond donors (Lipinski definition) is 0. The van der Waals surface area contributed by atoms with Crippen molar-refractivity contribution in [3.8, 4) is 0 Å². The van der Waals surface area contributed by atoms with Gasteiger partial charge >= 0.3 is 30.9 Å². The van der Waals surface area contributed by atoms with Gasteiger partial charge in [-0.1, -0.05) is 6.92 Å². The van der Waals surface area contributed by atoms with E-state index in [9.17, 15) is 65.9 Å². The van der Waals surface area contributed by atoms with Gasteiger partial charge in [0.1, 0.15) is 0 Å². The minimum atomic E-state index is -6.63. The van der Waals surface area contributed by atoms with Crippen molar-refractivity contribution in [3.05, 3.63) is 0 Å². The van der Waals surface area contributed by atoms with Gasteiger partial charge in [-0.3, -0.25) is 0 Å². The summed E-state index contributed by atoms with van der Waals surface area (Å²) in [6.07, 6.45) is -32.1. The molecular formula is C12H9F15. The Morgan fingerprint density at radius 2 is 0.481 bits per heavy atom. The van der Waals surface area contributed by atoms with Gasteiger partial charge in [-0.05, 0) is 5.92 Å². The maximum Gasteiger partial charge on any atom is 0.393 e. The molecule has 0 bridgehead atoms. The largest absolute Gasteiger partial charge is 0.393 e. The fourth-order valence-corrected chi connectivity index (χ4v) is 3.77. The van der Waals surface area contributed by atoms with Crippen LogP contribution in [-0.4, -0.2) is 30.9 Å². The molecule has 162 valence electrons. The van der Waals surface area contributed by atoms with Crippen molar-refractivity contribution in [2.45, 2.75) is 37.8 Å². The van der Waals surface area contributed by atoms with Crippen molar-refractivity contribution >= 4 is 0 Å². The van der Waals surface area contributed by atoms with Crippen molar-refractivity contribution in [1.82, 2.24) is 0 Å². The molecule has 0 radical (unpaired) electrons. The van der Waals surface area contributed by atoms with E-state index in [4.69, 9.17) is 0 Å². The van der Waals surface area contributed by atoms with Crippen LogP contribution in [0.25, 0.3) is 0 Å². The van der Waals surface area contributed by atoms with E-state index in [1.165, 1.54) is 0 Å². The van der Waals surface area contributed by atoms with Gasteiger partial charge in [-0.15, -0.1) is 0 Å². The van der Waals surface area contributed by atoms with Gasteiger partial charge in [0.05, 0.1) is 29.6 Å². The monoisotopic (exact) mass is 438 g/mol. The van der Waals surface area contributed by atoms with Crippen molar-refractivity contribution in [2.75, 3.05) is 0 Å². The van der Waals surface area contributed by atoms with Crippen LogP contribution in [0.4, 0.5) is 65.9 Å². The van der Waals surface area contributed by atoms with Crippen molar-refractivity contribution < 1.29 is 65.9 Å². The maximum absolute atomic E-state index is 13.0. The molecule has 1 saturated carbocycles. The molecule has 0 amide bonds. The minimum absolute atomic E-state index is 0.208. The standard InChI is InChI=1S/C12H9F15/c1-2-3(8(13,14)15)5(10(19,20)21)7(12(25,26)27)6(11(22,23)24)4(2)9(16,17)18/h2-7H,1H3. The Balaban J connectivity index is 3.91. The molecule has 1 aliphatic carbocycles. The number of alkyl halides is 15. The van der Waals surface area contributed by atoms with Crippen molar-refractivity contribution in [3.63, 3.8) is 0 Å². The van der Waals surface area contributed by atoms with Crippen LogP contribution in [0.3, 0.4) is 0 Å². The van der Waals surface area contributed by atoms with E-state index in [2.05, 4.69) is 0 Å². The maximum atomic E-state index is 13.0. The van der Waals surface area contributed by atoms with E-state index < -0.39 is 66.4 Å². The third kappa shape index (κ3) is 4.69. The summed E-state index contributed by atoms with van der Waals surface area (Å²) in [7, 11) is 0. The van der Waals surface area contributed by atoms with Gasteiger partial charge in [0.15, 0.2) is 0 Å². The van der Waals surface area contributed by atoms with Gasteiger partial charge in [0.2, 0.25) is 0 Å². The Kier molecular flexibility index (Phi) is 5.77. The highest BCUT2D eigenvalue weighted by Crippen LogP contribution is 2.65. The molecule has 0 nitrogen and oxygen atoms in total. The molecule has 1 rings (SSSR count). The van der Waals surface area contributed by atoms with Crippen LogP contribution in [-0.2, 0) is 0 Å². The first-order valence-electron chi connectivity index (χ1n) is 6.86. The molecule has 0 spiro atoms. The Labute approximate surface area is 140 Å². The smallest absolute Gasteiger partial charge is 0.171 e. The molecule has 0 aliphatic heterocycles. The average molecular weight is 438 g/mol. The molecule has 27 heavy (non-hydrogen) atoms. The zero-order chi connectivity index (χ0) is 22.0. The van der Waals surface area contributed by atoms with Crippen molar-refractivity contribution in [1.29, 1.82) is 0 Å². The number of halogens is 15. The zero-order valence-electron chi connectivity index (χ0n) is 12.6. The summed E-state index contributed by atoms with van der Waals surface area (Å²) in [5, 5.41) is 0. The van der Waals surface area contributed by atoms with Crippen LogP contribution in [0.2, 0.25) is 0 Å². The summed E-state index contributed by atoms with van der Waals surface area (Å²) in [5.74, 6) is -26.5. The predicted molar refractivity (Wildman–Crippen MR) is 56.9 cm³/mol. The lowest BCUT2D eigenvalue weighted by molar-refractivity contribution is -0.388. The van der Waals surface area contributed by atoms with E-state index in [1.54, 1.807) is 0 Å². The second-order valence-electron chi connectivity index (χ2n) is 6.20. The summed E-state index contributed by atoms with van der Waals surface area (Å²) < 4.78 is 195. The van der Waals surface area contributed by atoms with Crippen LogP contribution in [0.5, 0.6) is 0 Å². The first kappa shape index (κ1) is 24.0. The Morgan fingerprint density at radius 1 is 0.333 bits per heavy atom. The van der Waals surface area contributed by atoms with E-state index in [0.29, 0.717) is 0 Å². The number of rotatable bonds is 0. The predicted octanol–water partition coefficient (Wildman–Crippen LogP) is 6.53. The highest BCUT2D eigenvalue weighted by atomic mass is 19.4. The number of hydrogen-bond acceptors (Lipinski definition) is 0. The first-order valence-corrected chi connectivity index (χ1v) is 6.86. The summed E-state index contributed by atoms with van der Waals surface area (Å²) >= 11 is 0. The van der Waals surface area contributed by atoms with Gasteiger partial charge < -0.3 is 0 Å². The normalized spacial score (nSPS) is 34.7. The molecule has 0 aromatic carbocycles. The van der Waals surface area contributed by atoms with Crippen LogP contribution in [0.1, 0.15) is 6.92 Å². The Morgan fingerprint density at radius 3 is 0.630 bits per heavy atom. The second kappa shape index (κ2) is 6.49. The molecule has 4 atom stereocenters. The molecule has 15 heteroatoms. The Hall–Kier alpha value is -1.05. The van der Waals surface area contributed by atoms with Crippen LogP contribution >= 0.6 is 0 Å². The lowest BCUT2D eigenvalue weighted by atomic mass is 9.55. The fraction of sp³-hybridized carbons (Fsp3) is 1.00. The van der Waals surface area contributed by atoms with E-state index in [0.717, 1.165) is 0 Å². The molecule has 0 aromatic rings.